The van der Waals surface area contributed by atoms with Crippen LogP contribution in [0, 0.1) is 0 Å². The summed E-state index contributed by atoms with van der Waals surface area (Å²) in [6, 6.07) is 14.0. The maximum Gasteiger partial charge on any atom is 0.205 e. The zero-order valence-corrected chi connectivity index (χ0v) is 19.1. The molecule has 0 atom stereocenters. The molecular formula is C22H22Cl2N4OS. The van der Waals surface area contributed by atoms with Crippen molar-refractivity contribution in [2.45, 2.75) is 6.92 Å². The van der Waals surface area contributed by atoms with E-state index in [4.69, 9.17) is 33.0 Å². The number of anilines is 1. The number of hydrogen-bond acceptors (Lipinski definition) is 5. The van der Waals surface area contributed by atoms with Crippen molar-refractivity contribution >= 4 is 45.9 Å². The molecule has 0 saturated carbocycles. The summed E-state index contributed by atoms with van der Waals surface area (Å²) in [7, 11) is 1.76. The highest BCUT2D eigenvalue weighted by atomic mass is 35.5. The van der Waals surface area contributed by atoms with E-state index in [9.17, 15) is 0 Å². The fourth-order valence-corrected chi connectivity index (χ4v) is 4.67. The Balaban J connectivity index is 1.68. The zero-order valence-electron chi connectivity index (χ0n) is 16.8. The number of benzene rings is 2. The molecule has 156 valence electrons. The van der Waals surface area contributed by atoms with E-state index >= 15 is 0 Å². The van der Waals surface area contributed by atoms with Crippen molar-refractivity contribution in [1.29, 1.82) is 0 Å². The molecule has 1 aliphatic heterocycles. The minimum absolute atomic E-state index is 0.583. The van der Waals surface area contributed by atoms with Crippen LogP contribution in [0.2, 0.25) is 10.0 Å². The lowest BCUT2D eigenvalue weighted by molar-refractivity contribution is 0.122. The highest BCUT2D eigenvalue weighted by Crippen LogP contribution is 2.30. The fourth-order valence-electron chi connectivity index (χ4n) is 3.37. The van der Waals surface area contributed by atoms with Crippen LogP contribution in [0.25, 0.3) is 11.3 Å². The summed E-state index contributed by atoms with van der Waals surface area (Å²) >= 11 is 14.0. The average Bonchev–Trinajstić information content (AvgIpc) is 3.16. The van der Waals surface area contributed by atoms with Crippen molar-refractivity contribution in [3.8, 4) is 11.3 Å². The first-order valence-electron chi connectivity index (χ1n) is 9.64. The molecular weight excluding hydrogens is 439 g/mol. The van der Waals surface area contributed by atoms with Gasteiger partial charge in [-0.25, -0.2) is 4.68 Å². The van der Waals surface area contributed by atoms with Crippen molar-refractivity contribution in [2.75, 3.05) is 38.3 Å². The van der Waals surface area contributed by atoms with Crippen molar-refractivity contribution in [3.05, 3.63) is 68.3 Å². The first-order valence-corrected chi connectivity index (χ1v) is 11.3. The van der Waals surface area contributed by atoms with Crippen LogP contribution in [0.1, 0.15) is 12.5 Å². The van der Waals surface area contributed by atoms with Crippen LogP contribution >= 0.6 is 34.5 Å². The van der Waals surface area contributed by atoms with Crippen molar-refractivity contribution in [1.82, 2.24) is 4.68 Å². The molecule has 1 fully saturated rings. The number of ether oxygens (including phenoxy) is 1. The van der Waals surface area contributed by atoms with Gasteiger partial charge in [0.25, 0.3) is 0 Å². The Morgan fingerprint density at radius 2 is 1.80 bits per heavy atom. The third-order valence-corrected chi connectivity index (χ3v) is 6.45. The van der Waals surface area contributed by atoms with Crippen LogP contribution in [0.5, 0.6) is 0 Å². The summed E-state index contributed by atoms with van der Waals surface area (Å²) < 4.78 is 7.28. The summed E-state index contributed by atoms with van der Waals surface area (Å²) in [5.41, 5.74) is 4.90. The molecule has 3 aromatic rings. The molecule has 1 aliphatic rings. The molecule has 0 radical (unpaired) electrons. The normalized spacial score (nSPS) is 15.7. The quantitative estimate of drug-likeness (QED) is 0.504. The van der Waals surface area contributed by atoms with Crippen LogP contribution in [-0.2, 0) is 4.74 Å². The third kappa shape index (κ3) is 4.47. The lowest BCUT2D eigenvalue weighted by Crippen LogP contribution is -2.36. The van der Waals surface area contributed by atoms with Gasteiger partial charge in [-0.1, -0.05) is 35.3 Å². The molecule has 0 spiro atoms. The Hall–Kier alpha value is -2.12. The molecule has 4 rings (SSSR count). The van der Waals surface area contributed by atoms with E-state index in [0.29, 0.717) is 10.0 Å². The Bertz CT molecular complexity index is 1130. The van der Waals surface area contributed by atoms with E-state index in [1.807, 2.05) is 29.1 Å². The minimum Gasteiger partial charge on any atom is -0.378 e. The first-order chi connectivity index (χ1) is 14.6. The average molecular weight is 461 g/mol. The molecule has 8 heteroatoms. The Morgan fingerprint density at radius 3 is 2.47 bits per heavy atom. The molecule has 2 heterocycles. The molecule has 5 nitrogen and oxygen atoms in total. The summed E-state index contributed by atoms with van der Waals surface area (Å²) in [5, 5.41) is 8.06. The highest BCUT2D eigenvalue weighted by Gasteiger charge is 2.13. The summed E-state index contributed by atoms with van der Waals surface area (Å²) in [6.07, 6.45) is 0. The molecule has 0 unspecified atom stereocenters. The predicted molar refractivity (Wildman–Crippen MR) is 126 cm³/mol. The predicted octanol–water partition coefficient (Wildman–Crippen LogP) is 5.16. The second-order valence-corrected chi connectivity index (χ2v) is 8.57. The van der Waals surface area contributed by atoms with Crippen LogP contribution in [0.3, 0.4) is 0 Å². The fraction of sp³-hybridized carbons (Fsp3) is 0.273. The summed E-state index contributed by atoms with van der Waals surface area (Å²) in [5.74, 6) is 0. The van der Waals surface area contributed by atoms with Gasteiger partial charge < -0.3 is 9.64 Å². The molecule has 0 N–H and O–H groups in total. The number of aromatic nitrogens is 1. The van der Waals surface area contributed by atoms with E-state index in [1.165, 1.54) is 17.0 Å². The van der Waals surface area contributed by atoms with Gasteiger partial charge in [-0.3, -0.25) is 4.99 Å². The molecule has 1 aromatic heterocycles. The lowest BCUT2D eigenvalue weighted by Gasteiger charge is -2.28. The molecule has 0 amide bonds. The smallest absolute Gasteiger partial charge is 0.205 e. The van der Waals surface area contributed by atoms with Crippen LogP contribution < -0.4 is 9.70 Å². The molecule has 0 bridgehead atoms. The van der Waals surface area contributed by atoms with Crippen molar-refractivity contribution in [2.24, 2.45) is 10.1 Å². The van der Waals surface area contributed by atoms with E-state index < -0.39 is 0 Å². The molecule has 2 aromatic carbocycles. The van der Waals surface area contributed by atoms with Gasteiger partial charge in [0.1, 0.15) is 0 Å². The maximum atomic E-state index is 6.45. The van der Waals surface area contributed by atoms with Gasteiger partial charge in [0.2, 0.25) is 4.80 Å². The van der Waals surface area contributed by atoms with E-state index in [-0.39, 0.29) is 0 Å². The molecule has 0 aliphatic carbocycles. The van der Waals surface area contributed by atoms with Crippen LogP contribution in [0.4, 0.5) is 5.69 Å². The van der Waals surface area contributed by atoms with Crippen LogP contribution in [-0.4, -0.2) is 43.7 Å². The second kappa shape index (κ2) is 9.35. The number of thiazole rings is 1. The van der Waals surface area contributed by atoms with E-state index in [2.05, 4.69) is 34.2 Å². The zero-order chi connectivity index (χ0) is 21.1. The topological polar surface area (TPSA) is 42.1 Å². The molecule has 1 saturated heterocycles. The summed E-state index contributed by atoms with van der Waals surface area (Å²) in [6.45, 7) is 5.39. The number of hydrogen-bond donors (Lipinski definition) is 0. The number of halogens is 2. The van der Waals surface area contributed by atoms with Gasteiger partial charge in [-0.2, -0.15) is 5.10 Å². The Kier molecular flexibility index (Phi) is 6.58. The third-order valence-electron chi connectivity index (χ3n) is 5.00. The number of rotatable bonds is 4. The van der Waals surface area contributed by atoms with Crippen molar-refractivity contribution in [3.63, 3.8) is 0 Å². The van der Waals surface area contributed by atoms with E-state index in [1.54, 1.807) is 13.1 Å². The minimum atomic E-state index is 0.583. The Labute approximate surface area is 189 Å². The van der Waals surface area contributed by atoms with Gasteiger partial charge in [-0.05, 0) is 42.8 Å². The maximum absolute atomic E-state index is 6.45. The second-order valence-electron chi connectivity index (χ2n) is 6.89. The van der Waals surface area contributed by atoms with Crippen molar-refractivity contribution < 1.29 is 4.74 Å². The van der Waals surface area contributed by atoms with Crippen LogP contribution in [0.15, 0.2) is 57.9 Å². The largest absolute Gasteiger partial charge is 0.378 e. The lowest BCUT2D eigenvalue weighted by atomic mass is 10.1. The van der Waals surface area contributed by atoms with Gasteiger partial charge >= 0.3 is 0 Å². The standard InChI is InChI=1S/C22H22Cl2N4OS/c1-15(16-3-6-18(7-4-16)27-9-11-29-12-10-27)26-28-21(14-30-22(28)25-2)19-8-5-17(23)13-20(19)24/h3-8,13-14H,9-12H2,1-2H3. The number of nitrogens with zero attached hydrogens (tertiary/aromatic N) is 4. The first kappa shape index (κ1) is 21.1. The Morgan fingerprint density at radius 1 is 1.07 bits per heavy atom. The van der Waals surface area contributed by atoms with Gasteiger partial charge in [-0.15, -0.1) is 11.3 Å². The van der Waals surface area contributed by atoms with Gasteiger partial charge in [0.05, 0.1) is 29.6 Å². The van der Waals surface area contributed by atoms with Gasteiger partial charge in [0, 0.05) is 41.8 Å². The van der Waals surface area contributed by atoms with Gasteiger partial charge in [0.15, 0.2) is 0 Å². The summed E-state index contributed by atoms with van der Waals surface area (Å²) in [4.78, 5) is 7.50. The molecule has 30 heavy (non-hydrogen) atoms. The SMILES string of the molecule is CN=c1scc(-c2ccc(Cl)cc2Cl)n1N=C(C)c1ccc(N2CCOCC2)cc1. The monoisotopic (exact) mass is 460 g/mol. The van der Waals surface area contributed by atoms with E-state index in [0.717, 1.165) is 53.6 Å². The number of morpholine rings is 1. The highest BCUT2D eigenvalue weighted by molar-refractivity contribution is 7.07.